The topological polar surface area (TPSA) is 57.4 Å². The van der Waals surface area contributed by atoms with Crippen LogP contribution in [0.25, 0.3) is 0 Å². The van der Waals surface area contributed by atoms with Gasteiger partial charge in [0, 0.05) is 25.8 Å². The number of rotatable bonds is 9. The summed E-state index contributed by atoms with van der Waals surface area (Å²) in [7, 11) is -1.08. The van der Waals surface area contributed by atoms with Gasteiger partial charge in [-0.3, -0.25) is 4.98 Å². The number of halogens is 1. The summed E-state index contributed by atoms with van der Waals surface area (Å²) in [5.74, 6) is -0.356. The first kappa shape index (κ1) is 24.3. The van der Waals surface area contributed by atoms with Crippen LogP contribution in [0.3, 0.4) is 0 Å². The van der Waals surface area contributed by atoms with Crippen molar-refractivity contribution < 1.29 is 13.6 Å². The maximum absolute atomic E-state index is 14.1. The number of nitrogens with two attached hydrogens (primary N) is 1. The highest BCUT2D eigenvalue weighted by Crippen LogP contribution is 2.37. The van der Waals surface area contributed by atoms with Crippen LogP contribution in [0, 0.1) is 5.82 Å². The highest BCUT2D eigenvalue weighted by atomic mass is 28.4. The molecule has 0 saturated heterocycles. The summed E-state index contributed by atoms with van der Waals surface area (Å²) in [6.45, 7) is 6.98. The fourth-order valence-electron chi connectivity index (χ4n) is 4.26. The van der Waals surface area contributed by atoms with Crippen molar-refractivity contribution in [1.29, 1.82) is 0 Å². The van der Waals surface area contributed by atoms with Crippen molar-refractivity contribution in [3.05, 3.63) is 90.5 Å². The van der Waals surface area contributed by atoms with E-state index >= 15 is 0 Å². The molecule has 2 atom stereocenters. The minimum Gasteiger partial charge on any atom is -0.405 e. The van der Waals surface area contributed by atoms with Gasteiger partial charge in [-0.1, -0.05) is 81.4 Å². The molecule has 0 amide bonds. The SMILES string of the molecule is COC(CO[Si](c1ccccc1)(c1ccccc1)C(C)(C)C)C(N)Cc1ncccc1F. The lowest BCUT2D eigenvalue weighted by atomic mass is 10.1. The molecule has 2 unspecified atom stereocenters. The van der Waals surface area contributed by atoms with Crippen LogP contribution in [0.1, 0.15) is 26.5 Å². The van der Waals surface area contributed by atoms with Gasteiger partial charge in [-0.25, -0.2) is 4.39 Å². The Bertz CT molecular complexity index is 940. The lowest BCUT2D eigenvalue weighted by Gasteiger charge is -2.44. The first-order valence-electron chi connectivity index (χ1n) is 10.9. The standard InChI is InChI=1S/C26H33FN2O2Si/c1-26(2,3)32(20-12-7-5-8-13-20,21-14-9-6-10-15-21)31-19-25(30-4)23(28)18-24-22(27)16-11-17-29-24/h5-17,23,25H,18-19,28H2,1-4H3. The zero-order valence-corrected chi connectivity index (χ0v) is 20.3. The Hall–Kier alpha value is -2.38. The molecule has 0 aliphatic carbocycles. The molecule has 0 aliphatic rings. The number of ether oxygens (including phenoxy) is 1. The van der Waals surface area contributed by atoms with Crippen molar-refractivity contribution in [3.63, 3.8) is 0 Å². The first-order chi connectivity index (χ1) is 15.3. The Balaban J connectivity index is 1.93. The third kappa shape index (κ3) is 5.15. The molecule has 4 nitrogen and oxygen atoms in total. The lowest BCUT2D eigenvalue weighted by molar-refractivity contribution is 0.0361. The average molecular weight is 453 g/mol. The summed E-state index contributed by atoms with van der Waals surface area (Å²) in [6, 6.07) is 23.4. The van der Waals surface area contributed by atoms with Crippen LogP contribution in [0.15, 0.2) is 79.0 Å². The number of nitrogens with zero attached hydrogens (tertiary/aromatic N) is 1. The number of aromatic nitrogens is 1. The summed E-state index contributed by atoms with van der Waals surface area (Å²) in [4.78, 5) is 4.14. The molecule has 0 fully saturated rings. The maximum atomic E-state index is 14.1. The molecule has 1 aromatic heterocycles. The van der Waals surface area contributed by atoms with Crippen LogP contribution in [-0.4, -0.2) is 39.2 Å². The van der Waals surface area contributed by atoms with Crippen LogP contribution < -0.4 is 16.1 Å². The fourth-order valence-corrected chi connectivity index (χ4v) is 8.83. The van der Waals surface area contributed by atoms with E-state index in [0.29, 0.717) is 12.3 Å². The highest BCUT2D eigenvalue weighted by molar-refractivity contribution is 6.99. The van der Waals surface area contributed by atoms with Gasteiger partial charge in [0.25, 0.3) is 8.32 Å². The number of benzene rings is 2. The first-order valence-corrected chi connectivity index (χ1v) is 12.8. The molecule has 2 aromatic carbocycles. The van der Waals surface area contributed by atoms with Gasteiger partial charge in [-0.05, 0) is 27.5 Å². The van der Waals surface area contributed by atoms with Crippen LogP contribution in [0.4, 0.5) is 4.39 Å². The number of pyridine rings is 1. The molecule has 0 bridgehead atoms. The molecule has 0 aliphatic heterocycles. The maximum Gasteiger partial charge on any atom is 0.261 e. The van der Waals surface area contributed by atoms with Gasteiger partial charge in [-0.15, -0.1) is 0 Å². The van der Waals surface area contributed by atoms with E-state index in [2.05, 4.69) is 74.3 Å². The van der Waals surface area contributed by atoms with E-state index in [1.807, 2.05) is 12.1 Å². The molecular formula is C26H33FN2O2Si. The van der Waals surface area contributed by atoms with Crippen LogP contribution in [-0.2, 0) is 15.6 Å². The molecule has 0 saturated carbocycles. The van der Waals surface area contributed by atoms with E-state index in [0.717, 1.165) is 0 Å². The molecule has 1 heterocycles. The molecular weight excluding hydrogens is 419 g/mol. The second-order valence-corrected chi connectivity index (χ2v) is 13.4. The Kier molecular flexibility index (Phi) is 7.95. The van der Waals surface area contributed by atoms with Crippen molar-refractivity contribution >= 4 is 18.7 Å². The second-order valence-electron chi connectivity index (χ2n) is 9.05. The smallest absolute Gasteiger partial charge is 0.261 e. The number of hydrogen-bond acceptors (Lipinski definition) is 4. The Morgan fingerprint density at radius 2 is 1.50 bits per heavy atom. The Morgan fingerprint density at radius 3 is 1.97 bits per heavy atom. The molecule has 170 valence electrons. The van der Waals surface area contributed by atoms with Crippen LogP contribution >= 0.6 is 0 Å². The lowest BCUT2D eigenvalue weighted by Crippen LogP contribution is -2.67. The van der Waals surface area contributed by atoms with Gasteiger partial charge in [0.1, 0.15) is 5.82 Å². The minimum atomic E-state index is -2.70. The van der Waals surface area contributed by atoms with Crippen LogP contribution in [0.2, 0.25) is 5.04 Å². The highest BCUT2D eigenvalue weighted by Gasteiger charge is 2.50. The molecule has 3 aromatic rings. The summed E-state index contributed by atoms with van der Waals surface area (Å²) in [6.07, 6.45) is 1.44. The summed E-state index contributed by atoms with van der Waals surface area (Å²) < 4.78 is 26.8. The molecule has 32 heavy (non-hydrogen) atoms. The van der Waals surface area contributed by atoms with Gasteiger partial charge in [0.15, 0.2) is 0 Å². The third-order valence-corrected chi connectivity index (χ3v) is 10.9. The van der Waals surface area contributed by atoms with E-state index in [1.54, 1.807) is 19.4 Å². The van der Waals surface area contributed by atoms with Gasteiger partial charge < -0.3 is 14.9 Å². The predicted octanol–water partition coefficient (Wildman–Crippen LogP) is 3.68. The van der Waals surface area contributed by atoms with Gasteiger partial charge >= 0.3 is 0 Å². The Labute approximate surface area is 191 Å². The fraction of sp³-hybridized carbons (Fsp3) is 0.346. The zero-order valence-electron chi connectivity index (χ0n) is 19.3. The average Bonchev–Trinajstić information content (AvgIpc) is 2.79. The van der Waals surface area contributed by atoms with Crippen LogP contribution in [0.5, 0.6) is 0 Å². The third-order valence-electron chi connectivity index (χ3n) is 5.92. The van der Waals surface area contributed by atoms with E-state index in [1.165, 1.54) is 16.4 Å². The van der Waals surface area contributed by atoms with Crippen molar-refractivity contribution in [2.45, 2.75) is 44.4 Å². The van der Waals surface area contributed by atoms with Crippen molar-refractivity contribution in [2.75, 3.05) is 13.7 Å². The zero-order chi connectivity index (χ0) is 23.2. The van der Waals surface area contributed by atoms with Gasteiger partial charge in [0.05, 0.1) is 18.4 Å². The van der Waals surface area contributed by atoms with E-state index < -0.39 is 20.5 Å². The molecule has 0 radical (unpaired) electrons. The summed E-state index contributed by atoms with van der Waals surface area (Å²) in [5.41, 5.74) is 6.79. The van der Waals surface area contributed by atoms with Crippen molar-refractivity contribution in [2.24, 2.45) is 5.73 Å². The monoisotopic (exact) mass is 452 g/mol. The molecule has 3 rings (SSSR count). The minimum absolute atomic E-state index is 0.148. The van der Waals surface area contributed by atoms with E-state index in [9.17, 15) is 4.39 Å². The summed E-state index contributed by atoms with van der Waals surface area (Å²) >= 11 is 0. The number of hydrogen-bond donors (Lipinski definition) is 1. The van der Waals surface area contributed by atoms with E-state index in [4.69, 9.17) is 14.9 Å². The van der Waals surface area contributed by atoms with Gasteiger partial charge in [0.2, 0.25) is 0 Å². The van der Waals surface area contributed by atoms with Crippen molar-refractivity contribution in [1.82, 2.24) is 4.98 Å². The molecule has 6 heteroatoms. The largest absolute Gasteiger partial charge is 0.405 e. The second kappa shape index (κ2) is 10.5. The predicted molar refractivity (Wildman–Crippen MR) is 130 cm³/mol. The summed E-state index contributed by atoms with van der Waals surface area (Å²) in [5, 5.41) is 2.24. The molecule has 2 N–H and O–H groups in total. The van der Waals surface area contributed by atoms with Crippen molar-refractivity contribution in [3.8, 4) is 0 Å². The van der Waals surface area contributed by atoms with E-state index in [-0.39, 0.29) is 17.3 Å². The normalized spacial score (nSPS) is 14.2. The quantitative estimate of drug-likeness (QED) is 0.503. The number of methoxy groups -OCH3 is 1. The van der Waals surface area contributed by atoms with Gasteiger partial charge in [-0.2, -0.15) is 0 Å². The Morgan fingerprint density at radius 1 is 0.938 bits per heavy atom. The molecule has 0 spiro atoms.